The van der Waals surface area contributed by atoms with Gasteiger partial charge in [0.1, 0.15) is 5.69 Å². The van der Waals surface area contributed by atoms with Crippen LogP contribution in [-0.2, 0) is 49.6 Å². The standard InChI is InChI=1S/C49H65N4O6P/c1-3-5-6-7-8-9-10-11-12-19-34-53-38-47(50-51-53)39-58-48(49(54)57-4-2)40-60(55,56)59-35-20-33-52(36-41-25-29-45(30-26-41)43-21-15-13-16-22-43)37-42-27-31-46(32-28-42)44-23-17-14-18-24-44/h13-18,21-32,38,48H,3-12,19-20,33-37,39-40H2,1-2H3,(H,55,56)/t48-/m1/s1. The van der Waals surface area contributed by atoms with E-state index in [1.807, 2.05) is 36.4 Å². The molecule has 2 atom stereocenters. The summed E-state index contributed by atoms with van der Waals surface area (Å²) in [5.74, 6) is -0.712. The summed E-state index contributed by atoms with van der Waals surface area (Å²) < 4.78 is 31.8. The van der Waals surface area contributed by atoms with Crippen molar-refractivity contribution in [2.24, 2.45) is 0 Å². The number of ether oxygens (including phenoxy) is 2. The van der Waals surface area contributed by atoms with Gasteiger partial charge in [-0.05, 0) is 53.1 Å². The normalized spacial score (nSPS) is 13.0. The van der Waals surface area contributed by atoms with Crippen LogP contribution in [0.5, 0.6) is 0 Å². The zero-order chi connectivity index (χ0) is 42.3. The lowest BCUT2D eigenvalue weighted by Gasteiger charge is -2.24. The van der Waals surface area contributed by atoms with Crippen LogP contribution in [0.15, 0.2) is 115 Å². The molecule has 11 heteroatoms. The molecule has 10 nitrogen and oxygen atoms in total. The van der Waals surface area contributed by atoms with E-state index < -0.39 is 25.8 Å². The zero-order valence-corrected chi connectivity index (χ0v) is 36.6. The molecule has 0 radical (unpaired) electrons. The van der Waals surface area contributed by atoms with E-state index in [2.05, 4.69) is 94.9 Å². The van der Waals surface area contributed by atoms with E-state index in [1.165, 1.54) is 62.5 Å². The fourth-order valence-corrected chi connectivity index (χ4v) is 8.44. The summed E-state index contributed by atoms with van der Waals surface area (Å²) in [5, 5.41) is 8.41. The lowest BCUT2D eigenvalue weighted by atomic mass is 10.0. The highest BCUT2D eigenvalue weighted by Gasteiger charge is 2.32. The van der Waals surface area contributed by atoms with Crippen LogP contribution in [0.25, 0.3) is 22.3 Å². The van der Waals surface area contributed by atoms with E-state index >= 15 is 0 Å². The third kappa shape index (κ3) is 16.9. The molecule has 0 saturated carbocycles. The van der Waals surface area contributed by atoms with Crippen molar-refractivity contribution in [3.63, 3.8) is 0 Å². The van der Waals surface area contributed by atoms with Gasteiger partial charge in [0.15, 0.2) is 6.10 Å². The Morgan fingerprint density at radius 2 is 1.22 bits per heavy atom. The predicted octanol–water partition coefficient (Wildman–Crippen LogP) is 11.3. The molecular formula is C49H65N4O6P. The Morgan fingerprint density at radius 1 is 0.700 bits per heavy atom. The summed E-state index contributed by atoms with van der Waals surface area (Å²) in [5.41, 5.74) is 7.52. The van der Waals surface area contributed by atoms with Crippen molar-refractivity contribution in [3.8, 4) is 22.3 Å². The Balaban J connectivity index is 1.10. The van der Waals surface area contributed by atoms with Crippen LogP contribution in [0.3, 0.4) is 0 Å². The number of aromatic nitrogens is 3. The highest BCUT2D eigenvalue weighted by Crippen LogP contribution is 2.43. The van der Waals surface area contributed by atoms with E-state index in [4.69, 9.17) is 14.0 Å². The number of carbonyl (C=O) groups is 1. The zero-order valence-electron chi connectivity index (χ0n) is 35.7. The Bertz CT molecular complexity index is 1890. The SMILES string of the molecule is CCCCCCCCCCCCn1cc(CO[C@H](CP(=O)(O)OCCCN(Cc2ccc(-c3ccccc3)cc2)Cc2ccc(-c3ccccc3)cc2)C(=O)OCC)nn1. The molecule has 0 aliphatic rings. The van der Waals surface area contributed by atoms with Gasteiger partial charge < -0.3 is 18.9 Å². The molecular weight excluding hydrogens is 772 g/mol. The minimum atomic E-state index is -4.22. The fourth-order valence-electron chi connectivity index (χ4n) is 7.25. The Morgan fingerprint density at radius 3 is 1.75 bits per heavy atom. The van der Waals surface area contributed by atoms with Crippen LogP contribution < -0.4 is 0 Å². The number of aryl methyl sites for hydroxylation is 1. The van der Waals surface area contributed by atoms with E-state index in [-0.39, 0.29) is 19.8 Å². The number of nitrogens with zero attached hydrogens (tertiary/aromatic N) is 4. The molecule has 0 aliphatic heterocycles. The van der Waals surface area contributed by atoms with E-state index in [0.717, 1.165) is 41.6 Å². The van der Waals surface area contributed by atoms with Gasteiger partial charge in [0, 0.05) is 26.2 Å². The maximum Gasteiger partial charge on any atom is 0.335 e. The second-order valence-electron chi connectivity index (χ2n) is 15.5. The van der Waals surface area contributed by atoms with Crippen molar-refractivity contribution in [1.29, 1.82) is 0 Å². The van der Waals surface area contributed by atoms with E-state index in [1.54, 1.807) is 17.8 Å². The topological polar surface area (TPSA) is 116 Å². The van der Waals surface area contributed by atoms with Crippen molar-refractivity contribution in [1.82, 2.24) is 19.9 Å². The maximum absolute atomic E-state index is 13.3. The van der Waals surface area contributed by atoms with Crippen LogP contribution in [0, 0.1) is 0 Å². The van der Waals surface area contributed by atoms with Crippen molar-refractivity contribution in [2.75, 3.05) is 25.9 Å². The minimum Gasteiger partial charge on any atom is -0.464 e. The van der Waals surface area contributed by atoms with Gasteiger partial charge in [-0.2, -0.15) is 0 Å². The fraction of sp³-hybridized carbons (Fsp3) is 0.449. The Labute approximate surface area is 357 Å². The summed E-state index contributed by atoms with van der Waals surface area (Å²) >= 11 is 0. The van der Waals surface area contributed by atoms with Crippen LogP contribution in [0.1, 0.15) is 101 Å². The van der Waals surface area contributed by atoms with Crippen molar-refractivity contribution >= 4 is 13.6 Å². The number of hydrogen-bond acceptors (Lipinski definition) is 8. The number of hydrogen-bond donors (Lipinski definition) is 1. The van der Waals surface area contributed by atoms with Gasteiger partial charge in [-0.25, -0.2) is 4.79 Å². The lowest BCUT2D eigenvalue weighted by Crippen LogP contribution is -2.30. The molecule has 1 aromatic heterocycles. The van der Waals surface area contributed by atoms with Gasteiger partial charge in [-0.15, -0.1) is 5.10 Å². The molecule has 0 aliphatic carbocycles. The van der Waals surface area contributed by atoms with Gasteiger partial charge in [0.2, 0.25) is 0 Å². The smallest absolute Gasteiger partial charge is 0.335 e. The average molecular weight is 837 g/mol. The monoisotopic (exact) mass is 836 g/mol. The summed E-state index contributed by atoms with van der Waals surface area (Å²) in [6.07, 6.45) is 13.1. The molecule has 0 saturated heterocycles. The van der Waals surface area contributed by atoms with Crippen LogP contribution in [0.4, 0.5) is 0 Å². The predicted molar refractivity (Wildman–Crippen MR) is 240 cm³/mol. The highest BCUT2D eigenvalue weighted by molar-refractivity contribution is 7.52. The molecule has 0 spiro atoms. The summed E-state index contributed by atoms with van der Waals surface area (Å²) in [6.45, 7) is 6.78. The van der Waals surface area contributed by atoms with E-state index in [0.29, 0.717) is 31.7 Å². The largest absolute Gasteiger partial charge is 0.464 e. The van der Waals surface area contributed by atoms with Gasteiger partial charge >= 0.3 is 13.6 Å². The quantitative estimate of drug-likeness (QED) is 0.0285. The van der Waals surface area contributed by atoms with Crippen LogP contribution in [0.2, 0.25) is 0 Å². The van der Waals surface area contributed by atoms with Gasteiger partial charge in [0.05, 0.1) is 32.2 Å². The number of unbranched alkanes of at least 4 members (excludes halogenated alkanes) is 9. The molecule has 1 heterocycles. The van der Waals surface area contributed by atoms with Crippen molar-refractivity contribution < 1.29 is 28.3 Å². The molecule has 322 valence electrons. The summed E-state index contributed by atoms with van der Waals surface area (Å²) in [6, 6.07) is 37.8. The first-order chi connectivity index (χ1) is 29.3. The first-order valence-electron chi connectivity index (χ1n) is 22.0. The average Bonchev–Trinajstić information content (AvgIpc) is 3.73. The molecule has 60 heavy (non-hydrogen) atoms. The highest BCUT2D eigenvalue weighted by atomic mass is 31.2. The molecule has 0 fully saturated rings. The summed E-state index contributed by atoms with van der Waals surface area (Å²) in [4.78, 5) is 26.1. The third-order valence-corrected chi connectivity index (χ3v) is 11.9. The number of benzene rings is 4. The Kier molecular flexibility index (Phi) is 20.2. The number of esters is 1. The lowest BCUT2D eigenvalue weighted by molar-refractivity contribution is -0.156. The molecule has 1 N–H and O–H groups in total. The molecule has 0 amide bonds. The first-order valence-corrected chi connectivity index (χ1v) is 23.7. The molecule has 4 aromatic carbocycles. The van der Waals surface area contributed by atoms with Gasteiger partial charge in [-0.3, -0.25) is 14.1 Å². The molecule has 5 rings (SSSR count). The number of rotatable bonds is 29. The maximum atomic E-state index is 13.3. The van der Waals surface area contributed by atoms with Crippen LogP contribution in [-0.4, -0.2) is 62.8 Å². The Hall–Kier alpha value is -4.44. The van der Waals surface area contributed by atoms with Crippen molar-refractivity contribution in [2.45, 2.75) is 117 Å². The second kappa shape index (κ2) is 26.0. The molecule has 1 unspecified atom stereocenters. The molecule has 0 bridgehead atoms. The third-order valence-electron chi connectivity index (χ3n) is 10.6. The van der Waals surface area contributed by atoms with Gasteiger partial charge in [-0.1, -0.05) is 179 Å². The number of carbonyl (C=O) groups excluding carboxylic acids is 1. The minimum absolute atomic E-state index is 0.0347. The molecule has 5 aromatic rings. The van der Waals surface area contributed by atoms with Crippen LogP contribution >= 0.6 is 7.60 Å². The second-order valence-corrected chi connectivity index (χ2v) is 17.4. The van der Waals surface area contributed by atoms with Gasteiger partial charge in [0.25, 0.3) is 0 Å². The van der Waals surface area contributed by atoms with E-state index in [9.17, 15) is 14.3 Å². The summed E-state index contributed by atoms with van der Waals surface area (Å²) in [7, 11) is -4.22. The van der Waals surface area contributed by atoms with Crippen molar-refractivity contribution in [3.05, 3.63) is 132 Å². The first kappa shape index (κ1) is 46.6.